The Bertz CT molecular complexity index is 1380. The summed E-state index contributed by atoms with van der Waals surface area (Å²) in [5.41, 5.74) is 2.18. The second-order valence-electron chi connectivity index (χ2n) is 7.55. The quantitative estimate of drug-likeness (QED) is 0.319. The van der Waals surface area contributed by atoms with Crippen LogP contribution >= 0.6 is 11.6 Å². The number of aromatic nitrogens is 4. The van der Waals surface area contributed by atoms with Crippen molar-refractivity contribution in [2.75, 3.05) is 12.4 Å². The van der Waals surface area contributed by atoms with E-state index in [0.29, 0.717) is 27.3 Å². The molecular formula is C24H20ClN5O4. The van der Waals surface area contributed by atoms with E-state index in [4.69, 9.17) is 16.3 Å². The van der Waals surface area contributed by atoms with E-state index in [9.17, 15) is 14.4 Å². The van der Waals surface area contributed by atoms with E-state index in [1.165, 1.54) is 32.0 Å². The number of hydrogen-bond donors (Lipinski definition) is 1. The minimum atomic E-state index is -0.694. The Kier molecular flexibility index (Phi) is 6.65. The molecule has 4 aromatic rings. The number of hydrogen-bond acceptors (Lipinski definition) is 7. The fourth-order valence-corrected chi connectivity index (χ4v) is 3.66. The molecule has 10 heteroatoms. The molecule has 1 unspecified atom stereocenters. The van der Waals surface area contributed by atoms with E-state index in [1.807, 2.05) is 0 Å². The summed E-state index contributed by atoms with van der Waals surface area (Å²) in [4.78, 5) is 50.2. The lowest BCUT2D eigenvalue weighted by Crippen LogP contribution is -2.17. The molecule has 0 aliphatic rings. The Morgan fingerprint density at radius 1 is 1.12 bits per heavy atom. The SMILES string of the molecule is COC(=O)C(C)n1cc(C(=O)c2cncc(NC(=O)Cc3ccc(Cl)cc3)c2)c2cncnc21. The van der Waals surface area contributed by atoms with E-state index < -0.39 is 12.0 Å². The molecule has 0 bridgehead atoms. The normalized spacial score (nSPS) is 11.7. The third-order valence-electron chi connectivity index (χ3n) is 5.26. The van der Waals surface area contributed by atoms with Gasteiger partial charge in [-0.25, -0.2) is 14.8 Å². The van der Waals surface area contributed by atoms with Gasteiger partial charge in [-0.15, -0.1) is 0 Å². The van der Waals surface area contributed by atoms with E-state index in [1.54, 1.807) is 48.0 Å². The zero-order chi connectivity index (χ0) is 24.2. The van der Waals surface area contributed by atoms with Gasteiger partial charge in [0, 0.05) is 34.6 Å². The first-order valence-corrected chi connectivity index (χ1v) is 10.7. The lowest BCUT2D eigenvalue weighted by atomic mass is 10.1. The molecule has 1 N–H and O–H groups in total. The van der Waals surface area contributed by atoms with Crippen molar-refractivity contribution in [3.05, 3.63) is 83.2 Å². The number of benzene rings is 1. The average Bonchev–Trinajstić information content (AvgIpc) is 3.24. The molecule has 9 nitrogen and oxygen atoms in total. The molecule has 4 rings (SSSR count). The molecular weight excluding hydrogens is 458 g/mol. The minimum Gasteiger partial charge on any atom is -0.467 e. The highest BCUT2D eigenvalue weighted by Gasteiger charge is 2.24. The van der Waals surface area contributed by atoms with Gasteiger partial charge in [-0.05, 0) is 30.7 Å². The van der Waals surface area contributed by atoms with Gasteiger partial charge in [0.2, 0.25) is 5.91 Å². The van der Waals surface area contributed by atoms with E-state index in [-0.39, 0.29) is 23.7 Å². The number of esters is 1. The van der Waals surface area contributed by atoms with Gasteiger partial charge in [-0.2, -0.15) is 0 Å². The summed E-state index contributed by atoms with van der Waals surface area (Å²) in [6, 6.07) is 7.82. The number of amides is 1. The van der Waals surface area contributed by atoms with Crippen molar-refractivity contribution >= 4 is 46.0 Å². The first-order valence-electron chi connectivity index (χ1n) is 10.3. The molecule has 0 saturated heterocycles. The zero-order valence-corrected chi connectivity index (χ0v) is 19.1. The summed E-state index contributed by atoms with van der Waals surface area (Å²) in [7, 11) is 1.30. The van der Waals surface area contributed by atoms with Crippen molar-refractivity contribution in [2.45, 2.75) is 19.4 Å². The summed E-state index contributed by atoms with van der Waals surface area (Å²) >= 11 is 5.88. The van der Waals surface area contributed by atoms with Crippen molar-refractivity contribution < 1.29 is 19.1 Å². The molecule has 1 atom stereocenters. The fourth-order valence-electron chi connectivity index (χ4n) is 3.53. The van der Waals surface area contributed by atoms with Crippen LogP contribution in [0.15, 0.2) is 61.4 Å². The predicted octanol–water partition coefficient (Wildman–Crippen LogP) is 3.63. The van der Waals surface area contributed by atoms with Crippen LogP contribution in [0.1, 0.15) is 34.5 Å². The molecule has 3 heterocycles. The number of halogens is 1. The summed E-state index contributed by atoms with van der Waals surface area (Å²) in [6.07, 6.45) is 7.42. The van der Waals surface area contributed by atoms with Crippen molar-refractivity contribution in [3.63, 3.8) is 0 Å². The van der Waals surface area contributed by atoms with Crippen LogP contribution in [0.3, 0.4) is 0 Å². The van der Waals surface area contributed by atoms with Gasteiger partial charge >= 0.3 is 5.97 Å². The Morgan fingerprint density at radius 2 is 1.88 bits per heavy atom. The maximum Gasteiger partial charge on any atom is 0.328 e. The van der Waals surface area contributed by atoms with Crippen LogP contribution in [0.2, 0.25) is 5.02 Å². The number of pyridine rings is 1. The monoisotopic (exact) mass is 477 g/mol. The Hall–Kier alpha value is -4.11. The molecule has 1 amide bonds. The van der Waals surface area contributed by atoms with Crippen molar-refractivity contribution in [1.29, 1.82) is 0 Å². The second-order valence-corrected chi connectivity index (χ2v) is 7.99. The average molecular weight is 478 g/mol. The van der Waals surface area contributed by atoms with E-state index in [2.05, 4.69) is 20.3 Å². The number of nitrogens with one attached hydrogen (secondary N) is 1. The lowest BCUT2D eigenvalue weighted by Gasteiger charge is -2.11. The van der Waals surface area contributed by atoms with Crippen LogP contribution in [0, 0.1) is 0 Å². The molecule has 0 spiro atoms. The van der Waals surface area contributed by atoms with Gasteiger partial charge in [-0.3, -0.25) is 14.6 Å². The maximum absolute atomic E-state index is 13.3. The van der Waals surface area contributed by atoms with Gasteiger partial charge in [0.25, 0.3) is 0 Å². The smallest absolute Gasteiger partial charge is 0.328 e. The standard InChI is InChI=1S/C24H20ClN5O4/c1-14(24(33)34-2)30-12-20(19-11-27-13-28-23(19)30)22(32)16-8-18(10-26-9-16)29-21(31)7-15-3-5-17(25)6-4-15/h3-6,8-14H,7H2,1-2H3,(H,29,31). The zero-order valence-electron chi connectivity index (χ0n) is 18.4. The number of carbonyl (C=O) groups is 3. The maximum atomic E-state index is 13.3. The Morgan fingerprint density at radius 3 is 2.62 bits per heavy atom. The van der Waals surface area contributed by atoms with E-state index in [0.717, 1.165) is 5.56 Å². The summed E-state index contributed by atoms with van der Waals surface area (Å²) in [5, 5.41) is 3.83. The van der Waals surface area contributed by atoms with Crippen molar-refractivity contribution in [3.8, 4) is 0 Å². The molecule has 0 fully saturated rings. The molecule has 1 aromatic carbocycles. The number of methoxy groups -OCH3 is 1. The number of fused-ring (bicyclic) bond motifs is 1. The highest BCUT2D eigenvalue weighted by molar-refractivity contribution is 6.30. The van der Waals surface area contributed by atoms with Gasteiger partial charge < -0.3 is 14.6 Å². The topological polar surface area (TPSA) is 116 Å². The lowest BCUT2D eigenvalue weighted by molar-refractivity contribution is -0.143. The molecule has 0 aliphatic heterocycles. The van der Waals surface area contributed by atoms with Gasteiger partial charge in [0.05, 0.1) is 31.0 Å². The number of ketones is 1. The first kappa shape index (κ1) is 23.1. The summed E-state index contributed by atoms with van der Waals surface area (Å²) in [6.45, 7) is 1.65. The fraction of sp³-hybridized carbons (Fsp3) is 0.167. The molecule has 34 heavy (non-hydrogen) atoms. The van der Waals surface area contributed by atoms with E-state index >= 15 is 0 Å². The second kappa shape index (κ2) is 9.80. The number of carbonyl (C=O) groups excluding carboxylic acids is 3. The van der Waals surface area contributed by atoms with Crippen LogP contribution < -0.4 is 5.32 Å². The number of nitrogens with zero attached hydrogens (tertiary/aromatic N) is 4. The third kappa shape index (κ3) is 4.79. The Balaban J connectivity index is 1.59. The van der Waals surface area contributed by atoms with Crippen molar-refractivity contribution in [2.24, 2.45) is 0 Å². The van der Waals surface area contributed by atoms with Gasteiger partial charge in [-0.1, -0.05) is 23.7 Å². The highest BCUT2D eigenvalue weighted by atomic mass is 35.5. The number of rotatable bonds is 7. The first-order chi connectivity index (χ1) is 16.4. The van der Waals surface area contributed by atoms with Crippen LogP contribution in [0.5, 0.6) is 0 Å². The molecule has 0 radical (unpaired) electrons. The molecule has 3 aromatic heterocycles. The Labute approximate surface area is 199 Å². The molecule has 0 aliphatic carbocycles. The summed E-state index contributed by atoms with van der Waals surface area (Å²) in [5.74, 6) is -1.08. The van der Waals surface area contributed by atoms with Crippen LogP contribution in [-0.2, 0) is 20.7 Å². The largest absolute Gasteiger partial charge is 0.467 e. The van der Waals surface area contributed by atoms with Gasteiger partial charge in [0.15, 0.2) is 5.78 Å². The summed E-state index contributed by atoms with van der Waals surface area (Å²) < 4.78 is 6.40. The predicted molar refractivity (Wildman–Crippen MR) is 126 cm³/mol. The van der Waals surface area contributed by atoms with Gasteiger partial charge in [0.1, 0.15) is 18.0 Å². The highest BCUT2D eigenvalue weighted by Crippen LogP contribution is 2.26. The van der Waals surface area contributed by atoms with Crippen LogP contribution in [-0.4, -0.2) is 44.3 Å². The molecule has 0 saturated carbocycles. The van der Waals surface area contributed by atoms with Crippen LogP contribution in [0.4, 0.5) is 5.69 Å². The minimum absolute atomic E-state index is 0.144. The third-order valence-corrected chi connectivity index (χ3v) is 5.51. The number of anilines is 1. The van der Waals surface area contributed by atoms with Crippen molar-refractivity contribution in [1.82, 2.24) is 19.5 Å². The number of ether oxygens (including phenoxy) is 1. The molecule has 172 valence electrons. The van der Waals surface area contributed by atoms with Crippen LogP contribution in [0.25, 0.3) is 11.0 Å².